The van der Waals surface area contributed by atoms with Crippen LogP contribution in [-0.4, -0.2) is 13.0 Å². The SMILES string of the molecule is O=S(=O)(O)Cc1ccccc1I.[H-].[Na+]. The molecule has 0 spiro atoms. The Labute approximate surface area is 115 Å². The second-order valence-corrected chi connectivity index (χ2v) is 4.93. The zero-order chi connectivity index (χ0) is 9.19. The van der Waals surface area contributed by atoms with Gasteiger partial charge in [-0.05, 0) is 34.2 Å². The maximum absolute atomic E-state index is 10.5. The van der Waals surface area contributed by atoms with E-state index in [2.05, 4.69) is 0 Å². The molecule has 1 aromatic rings. The van der Waals surface area contributed by atoms with Gasteiger partial charge in [0.05, 0.1) is 0 Å². The molecule has 0 bridgehead atoms. The fourth-order valence-electron chi connectivity index (χ4n) is 0.812. The number of hydrogen-bond donors (Lipinski definition) is 1. The maximum Gasteiger partial charge on any atom is 1.00 e. The zero-order valence-corrected chi connectivity index (χ0v) is 12.0. The molecule has 0 fully saturated rings. The van der Waals surface area contributed by atoms with Crippen molar-refractivity contribution in [3.63, 3.8) is 0 Å². The Morgan fingerprint density at radius 1 is 1.38 bits per heavy atom. The summed E-state index contributed by atoms with van der Waals surface area (Å²) in [5.41, 5.74) is 0.626. The van der Waals surface area contributed by atoms with Gasteiger partial charge in [0.2, 0.25) is 0 Å². The molecule has 0 aliphatic heterocycles. The van der Waals surface area contributed by atoms with Crippen molar-refractivity contribution in [2.75, 3.05) is 0 Å². The number of rotatable bonds is 2. The van der Waals surface area contributed by atoms with Crippen molar-refractivity contribution in [1.29, 1.82) is 0 Å². The van der Waals surface area contributed by atoms with Crippen LogP contribution in [-0.2, 0) is 15.9 Å². The van der Waals surface area contributed by atoms with Gasteiger partial charge in [0.25, 0.3) is 10.1 Å². The van der Waals surface area contributed by atoms with Crippen LogP contribution in [0.5, 0.6) is 0 Å². The van der Waals surface area contributed by atoms with Crippen molar-refractivity contribution in [3.05, 3.63) is 33.4 Å². The van der Waals surface area contributed by atoms with Gasteiger partial charge in [-0.1, -0.05) is 18.2 Å². The predicted molar refractivity (Wildman–Crippen MR) is 55.5 cm³/mol. The van der Waals surface area contributed by atoms with Gasteiger partial charge < -0.3 is 1.43 Å². The molecule has 13 heavy (non-hydrogen) atoms. The van der Waals surface area contributed by atoms with Crippen molar-refractivity contribution < 1.29 is 44.0 Å². The third-order valence-electron chi connectivity index (χ3n) is 1.30. The molecule has 0 saturated carbocycles. The van der Waals surface area contributed by atoms with E-state index < -0.39 is 10.1 Å². The summed E-state index contributed by atoms with van der Waals surface area (Å²) in [5.74, 6) is -0.313. The molecule has 0 aliphatic rings. The molecule has 0 heterocycles. The van der Waals surface area contributed by atoms with Gasteiger partial charge in [0.1, 0.15) is 5.75 Å². The first-order valence-electron chi connectivity index (χ1n) is 3.17. The number of halogens is 1. The topological polar surface area (TPSA) is 54.4 Å². The minimum Gasteiger partial charge on any atom is -1.00 e. The minimum absolute atomic E-state index is 0. The molecule has 0 atom stereocenters. The summed E-state index contributed by atoms with van der Waals surface area (Å²) in [6.45, 7) is 0. The monoisotopic (exact) mass is 322 g/mol. The molecule has 0 radical (unpaired) electrons. The molecule has 68 valence electrons. The van der Waals surface area contributed by atoms with Crippen molar-refractivity contribution in [1.82, 2.24) is 0 Å². The average molecular weight is 322 g/mol. The molecule has 1 aromatic carbocycles. The van der Waals surface area contributed by atoms with E-state index in [1.807, 2.05) is 28.7 Å². The normalized spacial score (nSPS) is 10.6. The number of hydrogen-bond acceptors (Lipinski definition) is 2. The summed E-state index contributed by atoms with van der Waals surface area (Å²) < 4.78 is 30.4. The van der Waals surface area contributed by atoms with Crippen molar-refractivity contribution in [3.8, 4) is 0 Å². The Bertz CT molecular complexity index is 382. The average Bonchev–Trinajstić information content (AvgIpc) is 1.91. The van der Waals surface area contributed by atoms with Crippen LogP contribution in [0, 0.1) is 3.57 Å². The quantitative estimate of drug-likeness (QED) is 0.423. The Morgan fingerprint density at radius 2 is 1.92 bits per heavy atom. The summed E-state index contributed by atoms with van der Waals surface area (Å²) in [6, 6.07) is 7.02. The van der Waals surface area contributed by atoms with Crippen molar-refractivity contribution in [2.24, 2.45) is 0 Å². The smallest absolute Gasteiger partial charge is 1.00 e. The molecule has 0 aliphatic carbocycles. The first-order valence-corrected chi connectivity index (χ1v) is 5.86. The second-order valence-electron chi connectivity index (χ2n) is 2.32. The molecule has 6 heteroatoms. The molecule has 0 unspecified atom stereocenters. The maximum atomic E-state index is 10.5. The molecule has 0 saturated heterocycles. The Hall–Kier alpha value is 0.860. The van der Waals surface area contributed by atoms with Gasteiger partial charge in [-0.25, -0.2) is 0 Å². The van der Waals surface area contributed by atoms with Crippen molar-refractivity contribution >= 4 is 32.7 Å². The van der Waals surface area contributed by atoms with Crippen LogP contribution in [0.2, 0.25) is 0 Å². The van der Waals surface area contributed by atoms with E-state index in [9.17, 15) is 8.42 Å². The van der Waals surface area contributed by atoms with Crippen LogP contribution >= 0.6 is 22.6 Å². The van der Waals surface area contributed by atoms with Gasteiger partial charge in [-0.15, -0.1) is 0 Å². The Kier molecular flexibility index (Phi) is 6.05. The third kappa shape index (κ3) is 5.34. The van der Waals surface area contributed by atoms with E-state index in [1.165, 1.54) is 0 Å². The molecule has 3 nitrogen and oxygen atoms in total. The summed E-state index contributed by atoms with van der Waals surface area (Å²) in [6.07, 6.45) is 0. The fraction of sp³-hybridized carbons (Fsp3) is 0.143. The third-order valence-corrected chi connectivity index (χ3v) is 3.02. The van der Waals surface area contributed by atoms with Gasteiger partial charge in [0.15, 0.2) is 0 Å². The zero-order valence-electron chi connectivity index (χ0n) is 8.07. The van der Waals surface area contributed by atoms with E-state index in [1.54, 1.807) is 18.2 Å². The second kappa shape index (κ2) is 5.67. The van der Waals surface area contributed by atoms with Crippen molar-refractivity contribution in [2.45, 2.75) is 5.75 Å². The van der Waals surface area contributed by atoms with Gasteiger partial charge in [0, 0.05) is 3.57 Å². The van der Waals surface area contributed by atoms with E-state index in [-0.39, 0.29) is 36.7 Å². The Balaban J connectivity index is 0. The van der Waals surface area contributed by atoms with E-state index in [0.717, 1.165) is 3.57 Å². The molecule has 0 aromatic heterocycles. The van der Waals surface area contributed by atoms with Crippen LogP contribution in [0.4, 0.5) is 0 Å². The fourth-order valence-corrected chi connectivity index (χ4v) is 2.29. The van der Waals surface area contributed by atoms with Crippen LogP contribution in [0.1, 0.15) is 6.99 Å². The van der Waals surface area contributed by atoms with Gasteiger partial charge in [-0.3, -0.25) is 4.55 Å². The van der Waals surface area contributed by atoms with E-state index in [4.69, 9.17) is 4.55 Å². The summed E-state index contributed by atoms with van der Waals surface area (Å²) in [4.78, 5) is 0. The van der Waals surface area contributed by atoms with Gasteiger partial charge in [-0.2, -0.15) is 8.42 Å². The first kappa shape index (κ1) is 13.9. The van der Waals surface area contributed by atoms with Crippen LogP contribution < -0.4 is 29.6 Å². The van der Waals surface area contributed by atoms with Crippen LogP contribution in [0.3, 0.4) is 0 Å². The van der Waals surface area contributed by atoms with Crippen LogP contribution in [0.15, 0.2) is 24.3 Å². The predicted octanol–water partition coefficient (Wildman–Crippen LogP) is -1.20. The summed E-state index contributed by atoms with van der Waals surface area (Å²) >= 11 is 2.02. The largest absolute Gasteiger partial charge is 1.00 e. The molecular weight excluding hydrogens is 314 g/mol. The van der Waals surface area contributed by atoms with Gasteiger partial charge >= 0.3 is 29.6 Å². The van der Waals surface area contributed by atoms with Crippen LogP contribution in [0.25, 0.3) is 0 Å². The minimum atomic E-state index is -3.90. The number of benzene rings is 1. The molecule has 0 amide bonds. The summed E-state index contributed by atoms with van der Waals surface area (Å²) in [5, 5.41) is 0. The standard InChI is InChI=1S/C7H7IO3S.Na.H/c8-7-4-2-1-3-6(7)5-12(9,10)11;;/h1-4H,5H2,(H,9,10,11);;/q;+1;-1. The molecule has 1 N–H and O–H groups in total. The Morgan fingerprint density at radius 3 is 2.38 bits per heavy atom. The molecular formula is C7H8INaO3S. The first-order chi connectivity index (χ1) is 5.49. The summed E-state index contributed by atoms with van der Waals surface area (Å²) in [7, 11) is -3.90. The van der Waals surface area contributed by atoms with E-state index in [0.29, 0.717) is 5.56 Å². The molecule has 1 rings (SSSR count). The van der Waals surface area contributed by atoms with E-state index >= 15 is 0 Å².